The zero-order chi connectivity index (χ0) is 17.8. The summed E-state index contributed by atoms with van der Waals surface area (Å²) in [6.07, 6.45) is 0. The number of aromatic nitrogens is 2. The molecule has 0 radical (unpaired) electrons. The summed E-state index contributed by atoms with van der Waals surface area (Å²) in [6, 6.07) is 4.15. The van der Waals surface area contributed by atoms with Gasteiger partial charge in [-0.3, -0.25) is 0 Å². The Morgan fingerprint density at radius 2 is 2.12 bits per heavy atom. The van der Waals surface area contributed by atoms with Crippen molar-refractivity contribution in [1.29, 1.82) is 0 Å². The summed E-state index contributed by atoms with van der Waals surface area (Å²) in [4.78, 5) is 2.19. The molecule has 2 saturated heterocycles. The number of alkyl halides is 2. The minimum Gasteiger partial charge on any atom is -0.419 e. The Kier molecular flexibility index (Phi) is 3.86. The summed E-state index contributed by atoms with van der Waals surface area (Å²) >= 11 is 5.98. The van der Waals surface area contributed by atoms with Crippen molar-refractivity contribution in [3.63, 3.8) is 0 Å². The minimum atomic E-state index is -3.38. The molecule has 0 amide bonds. The zero-order valence-electron chi connectivity index (χ0n) is 14.0. The van der Waals surface area contributed by atoms with Crippen molar-refractivity contribution in [2.45, 2.75) is 18.8 Å². The van der Waals surface area contributed by atoms with Gasteiger partial charge in [0.25, 0.3) is 5.89 Å². The van der Waals surface area contributed by atoms with Gasteiger partial charge in [0, 0.05) is 42.2 Å². The van der Waals surface area contributed by atoms with Gasteiger partial charge >= 0.3 is 5.92 Å². The minimum absolute atomic E-state index is 0.000998. The molecule has 1 atom stereocenters. The number of halogens is 3. The lowest BCUT2D eigenvalue weighted by Gasteiger charge is -2.48. The highest BCUT2D eigenvalue weighted by molar-refractivity contribution is 6.31. The monoisotopic (exact) mass is 368 g/mol. The topological polar surface area (TPSA) is 54.2 Å². The molecule has 1 N–H and O–H groups in total. The Morgan fingerprint density at radius 3 is 2.80 bits per heavy atom. The van der Waals surface area contributed by atoms with Gasteiger partial charge < -0.3 is 14.6 Å². The molecule has 2 aromatic rings. The molecule has 0 saturated carbocycles. The molecule has 1 spiro atoms. The average Bonchev–Trinajstić information content (AvgIpc) is 3.16. The average molecular weight is 369 g/mol. The summed E-state index contributed by atoms with van der Waals surface area (Å²) in [5.74, 6) is -3.82. The second kappa shape index (κ2) is 5.72. The molecule has 1 aromatic heterocycles. The molecular formula is C17H19ClF2N4O. The summed E-state index contributed by atoms with van der Waals surface area (Å²) in [7, 11) is 2.04. The van der Waals surface area contributed by atoms with Crippen LogP contribution < -0.4 is 5.32 Å². The Bertz CT molecular complexity index is 804. The number of likely N-dealkylation sites (tertiary alicyclic amines) is 1. The molecule has 0 aliphatic carbocycles. The first-order chi connectivity index (χ1) is 11.8. The van der Waals surface area contributed by atoms with Crippen molar-refractivity contribution in [1.82, 2.24) is 20.4 Å². The smallest absolute Gasteiger partial charge is 0.349 e. The maximum atomic E-state index is 14.8. The number of hydrogen-bond acceptors (Lipinski definition) is 5. The van der Waals surface area contributed by atoms with E-state index in [9.17, 15) is 8.78 Å². The first kappa shape index (κ1) is 16.9. The van der Waals surface area contributed by atoms with Crippen LogP contribution in [0.5, 0.6) is 0 Å². The van der Waals surface area contributed by atoms with Crippen LogP contribution in [-0.4, -0.2) is 48.3 Å². The van der Waals surface area contributed by atoms with Gasteiger partial charge in [0.15, 0.2) is 0 Å². The van der Waals surface area contributed by atoms with Crippen LogP contribution in [0.25, 0.3) is 0 Å². The van der Waals surface area contributed by atoms with Gasteiger partial charge in [-0.1, -0.05) is 23.7 Å². The first-order valence-electron chi connectivity index (χ1n) is 8.19. The molecule has 4 rings (SSSR count). The lowest BCUT2D eigenvalue weighted by molar-refractivity contribution is 0.00295. The maximum Gasteiger partial charge on any atom is 0.349 e. The van der Waals surface area contributed by atoms with Crippen LogP contribution in [-0.2, 0) is 5.92 Å². The van der Waals surface area contributed by atoms with Crippen molar-refractivity contribution in [2.75, 3.05) is 33.2 Å². The fourth-order valence-electron chi connectivity index (χ4n) is 3.93. The van der Waals surface area contributed by atoms with E-state index in [1.807, 2.05) is 7.05 Å². The molecule has 2 aliphatic rings. The van der Waals surface area contributed by atoms with Crippen LogP contribution in [0.1, 0.15) is 28.8 Å². The van der Waals surface area contributed by atoms with E-state index in [0.29, 0.717) is 6.54 Å². The summed E-state index contributed by atoms with van der Waals surface area (Å²) in [5, 5.41) is 11.2. The predicted molar refractivity (Wildman–Crippen MR) is 89.0 cm³/mol. The fraction of sp³-hybridized carbons (Fsp3) is 0.529. The van der Waals surface area contributed by atoms with E-state index in [2.05, 4.69) is 20.4 Å². The van der Waals surface area contributed by atoms with Crippen LogP contribution in [0.4, 0.5) is 8.78 Å². The van der Waals surface area contributed by atoms with E-state index in [1.54, 1.807) is 13.0 Å². The highest BCUT2D eigenvalue weighted by Gasteiger charge is 2.53. The largest absolute Gasteiger partial charge is 0.419 e. The molecule has 134 valence electrons. The molecule has 1 unspecified atom stereocenters. The van der Waals surface area contributed by atoms with Gasteiger partial charge in [0.1, 0.15) is 0 Å². The van der Waals surface area contributed by atoms with Gasteiger partial charge in [0.05, 0.1) is 5.92 Å². The van der Waals surface area contributed by atoms with Crippen LogP contribution in [0.3, 0.4) is 0 Å². The molecule has 2 fully saturated rings. The molecular weight excluding hydrogens is 350 g/mol. The third kappa shape index (κ3) is 2.65. The lowest BCUT2D eigenvalue weighted by Crippen LogP contribution is -2.57. The molecule has 1 aromatic carbocycles. The van der Waals surface area contributed by atoms with Crippen LogP contribution in [0.2, 0.25) is 5.02 Å². The highest BCUT2D eigenvalue weighted by Crippen LogP contribution is 2.46. The van der Waals surface area contributed by atoms with E-state index in [-0.39, 0.29) is 27.8 Å². The number of hydrogen-bond donors (Lipinski definition) is 1. The van der Waals surface area contributed by atoms with E-state index >= 15 is 0 Å². The summed E-state index contributed by atoms with van der Waals surface area (Å²) < 4.78 is 35.0. The fourth-order valence-corrected chi connectivity index (χ4v) is 4.11. The van der Waals surface area contributed by atoms with Crippen LogP contribution in [0, 0.1) is 12.3 Å². The predicted octanol–water partition coefficient (Wildman–Crippen LogP) is 2.79. The SMILES string of the molecule is Cc1ccc(C(F)(F)c2nnc(C3CNCC34CN(C)C4)o2)cc1Cl. The maximum absolute atomic E-state index is 14.8. The number of aryl methyl sites for hydroxylation is 1. The van der Waals surface area contributed by atoms with Crippen molar-refractivity contribution in [2.24, 2.45) is 5.41 Å². The lowest BCUT2D eigenvalue weighted by atomic mass is 9.72. The first-order valence-corrected chi connectivity index (χ1v) is 8.57. The van der Waals surface area contributed by atoms with Crippen LogP contribution in [0.15, 0.2) is 22.6 Å². The number of nitrogens with zero attached hydrogens (tertiary/aromatic N) is 3. The third-order valence-corrected chi connectivity index (χ3v) is 5.68. The van der Waals surface area contributed by atoms with Gasteiger partial charge in [-0.05, 0) is 25.6 Å². The standard InChI is InChI=1S/C17H19ClF2N4O/c1-10-3-4-11(5-13(10)18)17(19,20)15-23-22-14(25-15)12-6-21-7-16(12)8-24(2)9-16/h3-5,12,21H,6-9H2,1-2H3. The number of rotatable bonds is 3. The molecule has 5 nitrogen and oxygen atoms in total. The normalized spacial score (nSPS) is 23.2. The van der Waals surface area contributed by atoms with Crippen molar-refractivity contribution in [3.8, 4) is 0 Å². The zero-order valence-corrected chi connectivity index (χ0v) is 14.8. The van der Waals surface area contributed by atoms with E-state index in [0.717, 1.165) is 25.2 Å². The highest BCUT2D eigenvalue weighted by atomic mass is 35.5. The van der Waals surface area contributed by atoms with E-state index < -0.39 is 11.8 Å². The number of nitrogens with one attached hydrogen (secondary N) is 1. The molecule has 8 heteroatoms. The molecule has 0 bridgehead atoms. The molecule has 2 aliphatic heterocycles. The van der Waals surface area contributed by atoms with Crippen LogP contribution >= 0.6 is 11.6 Å². The summed E-state index contributed by atoms with van der Waals surface area (Å²) in [5.41, 5.74) is 0.488. The second-order valence-corrected chi connectivity index (χ2v) is 7.61. The van der Waals surface area contributed by atoms with Crippen molar-refractivity contribution >= 4 is 11.6 Å². The molecule has 25 heavy (non-hydrogen) atoms. The summed E-state index contributed by atoms with van der Waals surface area (Å²) in [6.45, 7) is 5.05. The Morgan fingerprint density at radius 1 is 1.36 bits per heavy atom. The van der Waals surface area contributed by atoms with Gasteiger partial charge in [0.2, 0.25) is 5.89 Å². The van der Waals surface area contributed by atoms with Gasteiger partial charge in [-0.2, -0.15) is 8.78 Å². The van der Waals surface area contributed by atoms with Crippen molar-refractivity contribution in [3.05, 3.63) is 46.1 Å². The number of benzene rings is 1. The van der Waals surface area contributed by atoms with Gasteiger partial charge in [-0.15, -0.1) is 10.2 Å². The Balaban J connectivity index is 1.63. The third-order valence-electron chi connectivity index (χ3n) is 5.28. The second-order valence-electron chi connectivity index (χ2n) is 7.20. The Labute approximate surface area is 149 Å². The quantitative estimate of drug-likeness (QED) is 0.902. The van der Waals surface area contributed by atoms with E-state index in [4.69, 9.17) is 16.0 Å². The van der Waals surface area contributed by atoms with E-state index in [1.165, 1.54) is 12.1 Å². The van der Waals surface area contributed by atoms with Crippen molar-refractivity contribution < 1.29 is 13.2 Å². The molecule has 3 heterocycles. The Hall–Kier alpha value is -1.57. The van der Waals surface area contributed by atoms with Gasteiger partial charge in [-0.25, -0.2) is 0 Å².